The summed E-state index contributed by atoms with van der Waals surface area (Å²) in [6.07, 6.45) is 0. The smallest absolute Gasteiger partial charge is 0.870 e. The maximum absolute atomic E-state index is 0. The zero-order valence-corrected chi connectivity index (χ0v) is 10.6. The van der Waals surface area contributed by atoms with Crippen molar-refractivity contribution in [1.29, 1.82) is 0 Å². The van der Waals surface area contributed by atoms with E-state index >= 15 is 0 Å². The molecule has 0 aromatic rings. The van der Waals surface area contributed by atoms with Crippen LogP contribution in [0.4, 0.5) is 0 Å². The molecule has 2 radical (unpaired) electrons. The molecule has 7 nitrogen and oxygen atoms in total. The van der Waals surface area contributed by atoms with Gasteiger partial charge in [0, 0.05) is 37.1 Å². The van der Waals surface area contributed by atoms with Crippen molar-refractivity contribution in [2.24, 2.45) is 0 Å². The zero-order valence-electron chi connectivity index (χ0n) is 5.79. The van der Waals surface area contributed by atoms with Crippen LogP contribution in [0.1, 0.15) is 0 Å². The Morgan fingerprint density at radius 3 is 0.500 bits per heavy atom. The van der Waals surface area contributed by atoms with Gasteiger partial charge in [0.2, 0.25) is 0 Å². The molecule has 10 heavy (non-hydrogen) atoms. The molecular weight excluding hydrogens is 235 g/mol. The van der Waals surface area contributed by atoms with Crippen molar-refractivity contribution in [3.63, 3.8) is 0 Å². The first kappa shape index (κ1) is 395. The standard InChI is InChI=1S/H3N.Na.6H2O.2V/h1H3;;6*1H2;;/q;+1;;;;;;;;/p-1. The molecule has 0 atom stereocenters. The van der Waals surface area contributed by atoms with Crippen LogP contribution in [0.2, 0.25) is 0 Å². The van der Waals surface area contributed by atoms with Gasteiger partial charge >= 0.3 is 29.6 Å². The van der Waals surface area contributed by atoms with Crippen LogP contribution in [-0.4, -0.2) is 32.9 Å². The Hall–Kier alpha value is 1.89. The summed E-state index contributed by atoms with van der Waals surface area (Å²) < 4.78 is 0. The molecule has 0 aliphatic heterocycles. The Labute approximate surface area is 105 Å². The summed E-state index contributed by atoms with van der Waals surface area (Å²) in [5.41, 5.74) is 0. The second-order valence-corrected chi connectivity index (χ2v) is 0. The van der Waals surface area contributed by atoms with E-state index < -0.39 is 0 Å². The van der Waals surface area contributed by atoms with Crippen LogP contribution < -0.4 is 35.7 Å². The van der Waals surface area contributed by atoms with Crippen LogP contribution in [0, 0.1) is 0 Å². The van der Waals surface area contributed by atoms with Gasteiger partial charge in [0.25, 0.3) is 0 Å². The molecule has 0 aromatic heterocycles. The van der Waals surface area contributed by atoms with E-state index in [1.807, 2.05) is 0 Å². The molecule has 0 fully saturated rings. The van der Waals surface area contributed by atoms with E-state index in [1.165, 1.54) is 0 Å². The van der Waals surface area contributed by atoms with E-state index in [0.29, 0.717) is 0 Å². The fraction of sp³-hybridized carbons (Fsp3) is 0. The van der Waals surface area contributed by atoms with Gasteiger partial charge in [-0.1, -0.05) is 0 Å². The quantitative estimate of drug-likeness (QED) is 0.413. The minimum atomic E-state index is 0. The second-order valence-electron chi connectivity index (χ2n) is 0. The fourth-order valence-corrected chi connectivity index (χ4v) is 0. The van der Waals surface area contributed by atoms with Crippen LogP contribution >= 0.6 is 0 Å². The van der Waals surface area contributed by atoms with Crippen molar-refractivity contribution in [2.75, 3.05) is 0 Å². The summed E-state index contributed by atoms with van der Waals surface area (Å²) in [7, 11) is 0. The number of hydrogen-bond acceptors (Lipinski definition) is 2. The monoisotopic (exact) mass is 249 g/mol. The summed E-state index contributed by atoms with van der Waals surface area (Å²) in [5.74, 6) is 0. The Morgan fingerprint density at radius 1 is 0.500 bits per heavy atom. The number of rotatable bonds is 0. The van der Waals surface area contributed by atoms with E-state index in [2.05, 4.69) is 0 Å². The van der Waals surface area contributed by atoms with E-state index in [-0.39, 0.29) is 106 Å². The van der Waals surface area contributed by atoms with Gasteiger partial charge in [-0.25, -0.2) is 0 Å². The molecule has 0 spiro atoms. The number of hydrogen-bond donors (Lipinski definition) is 1. The van der Waals surface area contributed by atoms with Crippen LogP contribution in [-0.2, 0) is 37.1 Å². The molecule has 0 bridgehead atoms. The molecule has 0 unspecified atom stereocenters. The van der Waals surface area contributed by atoms with Crippen molar-refractivity contribution in [1.82, 2.24) is 6.15 Å². The summed E-state index contributed by atoms with van der Waals surface area (Å²) in [6.45, 7) is 0. The predicted octanol–water partition coefficient (Wildman–Crippen LogP) is -6.28. The van der Waals surface area contributed by atoms with E-state index in [0.717, 1.165) is 0 Å². The summed E-state index contributed by atoms with van der Waals surface area (Å²) >= 11 is 0. The van der Waals surface area contributed by atoms with Gasteiger partial charge in [-0.15, -0.1) is 0 Å². The van der Waals surface area contributed by atoms with Gasteiger partial charge in [0.15, 0.2) is 0 Å². The maximum Gasteiger partial charge on any atom is 1.00 e. The van der Waals surface area contributed by atoms with Gasteiger partial charge in [0.05, 0.1) is 0 Å². The maximum atomic E-state index is 0. The van der Waals surface area contributed by atoms with Gasteiger partial charge < -0.3 is 39.0 Å². The first-order chi connectivity index (χ1) is 0. The molecule has 0 saturated carbocycles. The fourth-order valence-electron chi connectivity index (χ4n) is 0. The Balaban J connectivity index is 0. The average molecular weight is 249 g/mol. The van der Waals surface area contributed by atoms with E-state index in [9.17, 15) is 0 Å². The zero-order chi connectivity index (χ0) is 0. The third kappa shape index (κ3) is 219. The van der Waals surface area contributed by atoms with Crippen molar-refractivity contribution < 1.29 is 99.5 Å². The molecule has 0 heterocycles. The average Bonchev–Trinajstić information content (AvgIpc) is 0. The molecule has 0 aliphatic rings. The first-order valence-electron chi connectivity index (χ1n) is 0. The molecule has 10 heteroatoms. The molecule has 66 valence electrons. The molecule has 14 N–H and O–H groups in total. The normalized spacial score (nSPS) is 0. The van der Waals surface area contributed by atoms with Gasteiger partial charge in [-0.3, -0.25) is 0 Å². The molecule has 0 aliphatic carbocycles. The SMILES string of the molecule is O.O.O.O.[NH4+].[Na+].[OH-].[OH-].[V].[V]. The van der Waals surface area contributed by atoms with Crippen LogP contribution in [0.25, 0.3) is 0 Å². The van der Waals surface area contributed by atoms with Crippen molar-refractivity contribution in [3.05, 3.63) is 0 Å². The summed E-state index contributed by atoms with van der Waals surface area (Å²) in [4.78, 5) is 0. The largest absolute Gasteiger partial charge is 1.00 e. The third-order valence-electron chi connectivity index (χ3n) is 0. The summed E-state index contributed by atoms with van der Waals surface area (Å²) in [6, 6.07) is 0. The molecular formula is H14NNaO6V2. The predicted molar refractivity (Wildman–Crippen MR) is 24.3 cm³/mol. The van der Waals surface area contributed by atoms with Crippen molar-refractivity contribution in [2.45, 2.75) is 0 Å². The summed E-state index contributed by atoms with van der Waals surface area (Å²) in [5, 5.41) is 0. The van der Waals surface area contributed by atoms with Gasteiger partial charge in [0.1, 0.15) is 0 Å². The minimum Gasteiger partial charge on any atom is -0.870 e. The minimum absolute atomic E-state index is 0. The topological polar surface area (TPSA) is 222 Å². The van der Waals surface area contributed by atoms with Crippen molar-refractivity contribution in [3.8, 4) is 0 Å². The van der Waals surface area contributed by atoms with Crippen LogP contribution in [0.5, 0.6) is 0 Å². The van der Waals surface area contributed by atoms with E-state index in [1.54, 1.807) is 0 Å². The Bertz CT molecular complexity index is 15.7. The van der Waals surface area contributed by atoms with Crippen LogP contribution in [0.15, 0.2) is 0 Å². The van der Waals surface area contributed by atoms with Crippen molar-refractivity contribution >= 4 is 0 Å². The Kier molecular flexibility index (Phi) is 11800. The Morgan fingerprint density at radius 2 is 0.500 bits per heavy atom. The van der Waals surface area contributed by atoms with Gasteiger partial charge in [-0.2, -0.15) is 0 Å². The second kappa shape index (κ2) is 298. The number of quaternary nitrogens is 1. The van der Waals surface area contributed by atoms with E-state index in [4.69, 9.17) is 0 Å². The molecule has 0 amide bonds. The molecule has 0 rings (SSSR count). The molecule has 0 saturated heterocycles. The third-order valence-corrected chi connectivity index (χ3v) is 0. The molecule has 0 aromatic carbocycles. The van der Waals surface area contributed by atoms with Crippen LogP contribution in [0.3, 0.4) is 0 Å². The first-order valence-corrected chi connectivity index (χ1v) is 0. The van der Waals surface area contributed by atoms with Gasteiger partial charge in [-0.05, 0) is 0 Å².